The molecular formula is C24H24N3O+. The van der Waals surface area contributed by atoms with Crippen LogP contribution in [0.25, 0.3) is 21.8 Å². The van der Waals surface area contributed by atoms with E-state index >= 15 is 0 Å². The highest BCUT2D eigenvalue weighted by atomic mass is 16.1. The number of hydrogen-bond donors (Lipinski definition) is 2. The summed E-state index contributed by atoms with van der Waals surface area (Å²) in [5, 5.41) is 2.27. The van der Waals surface area contributed by atoms with Crippen LogP contribution in [-0.2, 0) is 6.42 Å². The number of aryl methyl sites for hydroxylation is 1. The Bertz CT molecular complexity index is 1240. The van der Waals surface area contributed by atoms with Gasteiger partial charge in [0, 0.05) is 30.7 Å². The van der Waals surface area contributed by atoms with Crippen LogP contribution in [0, 0.1) is 12.3 Å². The van der Waals surface area contributed by atoms with Crippen LogP contribution in [0.1, 0.15) is 42.0 Å². The maximum absolute atomic E-state index is 13.2. The van der Waals surface area contributed by atoms with Crippen LogP contribution in [0.5, 0.6) is 0 Å². The second-order valence-electron chi connectivity index (χ2n) is 8.58. The third kappa shape index (κ3) is 2.52. The number of para-hydroxylation sites is 2. The summed E-state index contributed by atoms with van der Waals surface area (Å²) in [5.74, 6) is 0.214. The van der Waals surface area contributed by atoms with E-state index in [4.69, 9.17) is 0 Å². The van der Waals surface area contributed by atoms with Gasteiger partial charge in [-0.2, -0.15) is 5.43 Å². The number of aromatic amines is 1. The van der Waals surface area contributed by atoms with Crippen molar-refractivity contribution in [1.82, 2.24) is 4.98 Å². The quantitative estimate of drug-likeness (QED) is 0.491. The van der Waals surface area contributed by atoms with Crippen LogP contribution in [0.15, 0.2) is 54.6 Å². The van der Waals surface area contributed by atoms with Gasteiger partial charge in [-0.3, -0.25) is 4.79 Å². The number of anilines is 1. The van der Waals surface area contributed by atoms with Gasteiger partial charge >= 0.3 is 0 Å². The normalized spacial score (nSPS) is 15.8. The number of H-pyrrole nitrogens is 1. The van der Waals surface area contributed by atoms with Crippen molar-refractivity contribution in [1.29, 1.82) is 0 Å². The van der Waals surface area contributed by atoms with E-state index in [-0.39, 0.29) is 11.2 Å². The fraction of sp³-hybridized carbons (Fsp3) is 0.250. The molecule has 0 amide bonds. The highest BCUT2D eigenvalue weighted by Gasteiger charge is 2.41. The molecule has 0 bridgehead atoms. The molecule has 1 aliphatic carbocycles. The van der Waals surface area contributed by atoms with Gasteiger partial charge in [-0.1, -0.05) is 54.9 Å². The van der Waals surface area contributed by atoms with E-state index < -0.39 is 0 Å². The summed E-state index contributed by atoms with van der Waals surface area (Å²) in [6.45, 7) is 6.47. The summed E-state index contributed by atoms with van der Waals surface area (Å²) in [5.41, 5.74) is 9.55. The Morgan fingerprint density at radius 2 is 1.71 bits per heavy atom. The second-order valence-corrected chi connectivity index (χ2v) is 8.58. The molecule has 4 aromatic rings. The number of benzene rings is 2. The maximum atomic E-state index is 13.2. The number of fused-ring (bicyclic) bond motifs is 5. The highest BCUT2D eigenvalue weighted by molar-refractivity contribution is 6.16. The van der Waals surface area contributed by atoms with Crippen molar-refractivity contribution in [2.45, 2.75) is 33.6 Å². The highest BCUT2D eigenvalue weighted by Crippen LogP contribution is 2.38. The van der Waals surface area contributed by atoms with Crippen LogP contribution in [0.3, 0.4) is 0 Å². The molecule has 5 rings (SSSR count). The lowest BCUT2D eigenvalue weighted by molar-refractivity contribution is -0.656. The van der Waals surface area contributed by atoms with Crippen LogP contribution in [0.2, 0.25) is 0 Å². The fourth-order valence-electron chi connectivity index (χ4n) is 4.58. The second kappa shape index (κ2) is 5.93. The average molecular weight is 370 g/mol. The number of ketones is 1. The largest absolute Gasteiger partial charge is 0.354 e. The molecular weight excluding hydrogens is 346 g/mol. The van der Waals surface area contributed by atoms with Gasteiger partial charge in [0.1, 0.15) is 5.56 Å². The minimum atomic E-state index is -0.0592. The van der Waals surface area contributed by atoms with Crippen molar-refractivity contribution in [2.24, 2.45) is 5.41 Å². The number of rotatable bonds is 2. The van der Waals surface area contributed by atoms with Crippen molar-refractivity contribution in [3.8, 4) is 0 Å². The van der Waals surface area contributed by atoms with Gasteiger partial charge in [-0.25, -0.2) is 0 Å². The molecule has 2 aromatic carbocycles. The lowest BCUT2D eigenvalue weighted by atomic mass is 9.75. The summed E-state index contributed by atoms with van der Waals surface area (Å²) in [6.07, 6.45) is 1.42. The summed E-state index contributed by atoms with van der Waals surface area (Å²) in [7, 11) is 0. The molecule has 0 radical (unpaired) electrons. The number of carbonyl (C=O) groups excluding carboxylic acids is 1. The molecule has 140 valence electrons. The average Bonchev–Trinajstić information content (AvgIpc) is 3.04. The topological polar surface area (TPSA) is 48.8 Å². The molecule has 2 N–H and O–H groups in total. The predicted molar refractivity (Wildman–Crippen MR) is 113 cm³/mol. The van der Waals surface area contributed by atoms with Crippen molar-refractivity contribution in [3.05, 3.63) is 71.5 Å². The number of nitrogens with one attached hydrogen (secondary N) is 2. The Morgan fingerprint density at radius 1 is 1.00 bits per heavy atom. The lowest BCUT2D eigenvalue weighted by Gasteiger charge is -2.28. The van der Waals surface area contributed by atoms with E-state index in [9.17, 15) is 4.79 Å². The molecule has 28 heavy (non-hydrogen) atoms. The third-order valence-corrected chi connectivity index (χ3v) is 5.79. The van der Waals surface area contributed by atoms with Gasteiger partial charge < -0.3 is 4.98 Å². The van der Waals surface area contributed by atoms with E-state index in [1.165, 1.54) is 0 Å². The first-order chi connectivity index (χ1) is 13.4. The van der Waals surface area contributed by atoms with Crippen molar-refractivity contribution in [2.75, 3.05) is 5.43 Å². The Labute approximate surface area is 164 Å². The number of carbonyl (C=O) groups is 1. The number of Topliss-reactive ketones (excluding diaryl/α,β-unsaturated/α-hetero) is 1. The lowest BCUT2D eigenvalue weighted by Crippen LogP contribution is -2.52. The van der Waals surface area contributed by atoms with Gasteiger partial charge in [0.15, 0.2) is 5.78 Å². The fourth-order valence-corrected chi connectivity index (χ4v) is 4.58. The standard InChI is InChI=1S/C24H23N3O/c1-15-21-17-11-7-8-12-18(17)25-23(21)22-19(13-24(2,3)14-20(22)28)27(15)26-16-9-5-4-6-10-16/h4-12,26H,13-14H2,1-3H3/p+1. The molecule has 1 aliphatic rings. The van der Waals surface area contributed by atoms with E-state index in [1.54, 1.807) is 0 Å². The van der Waals surface area contributed by atoms with E-state index in [0.717, 1.165) is 50.9 Å². The minimum absolute atomic E-state index is 0.0592. The Kier molecular flexibility index (Phi) is 3.60. The zero-order chi connectivity index (χ0) is 19.5. The molecule has 4 nitrogen and oxygen atoms in total. The Morgan fingerprint density at radius 3 is 2.50 bits per heavy atom. The number of pyridine rings is 1. The Hall–Kier alpha value is -3.14. The maximum Gasteiger partial charge on any atom is 0.225 e. The first-order valence-electron chi connectivity index (χ1n) is 9.78. The van der Waals surface area contributed by atoms with Crippen LogP contribution >= 0.6 is 0 Å². The van der Waals surface area contributed by atoms with Crippen molar-refractivity contribution < 1.29 is 9.47 Å². The molecule has 0 aliphatic heterocycles. The SMILES string of the molecule is Cc1c2c([nH]c3ccccc32)c2c([n+]1Nc1ccccc1)CC(C)(C)CC2=O. The van der Waals surface area contributed by atoms with E-state index in [2.05, 4.69) is 48.0 Å². The Balaban J connectivity index is 1.88. The van der Waals surface area contributed by atoms with Crippen molar-refractivity contribution in [3.63, 3.8) is 0 Å². The summed E-state index contributed by atoms with van der Waals surface area (Å²) in [4.78, 5) is 16.8. The smallest absolute Gasteiger partial charge is 0.225 e. The zero-order valence-corrected chi connectivity index (χ0v) is 16.5. The van der Waals surface area contributed by atoms with Crippen LogP contribution < -0.4 is 10.1 Å². The van der Waals surface area contributed by atoms with E-state index in [0.29, 0.717) is 6.42 Å². The first-order valence-corrected chi connectivity index (χ1v) is 9.78. The monoisotopic (exact) mass is 370 g/mol. The van der Waals surface area contributed by atoms with Gasteiger partial charge in [0.25, 0.3) is 0 Å². The van der Waals surface area contributed by atoms with Gasteiger partial charge in [-0.05, 0) is 23.6 Å². The molecule has 0 unspecified atom stereocenters. The summed E-state index contributed by atoms with van der Waals surface area (Å²) >= 11 is 0. The molecule has 2 heterocycles. The van der Waals surface area contributed by atoms with Crippen molar-refractivity contribution >= 4 is 33.3 Å². The molecule has 0 saturated heterocycles. The van der Waals surface area contributed by atoms with Crippen LogP contribution in [-0.4, -0.2) is 10.8 Å². The zero-order valence-electron chi connectivity index (χ0n) is 16.5. The molecule has 4 heteroatoms. The van der Waals surface area contributed by atoms with Gasteiger partial charge in [0.2, 0.25) is 11.4 Å². The molecule has 2 aromatic heterocycles. The summed E-state index contributed by atoms with van der Waals surface area (Å²) < 4.78 is 2.13. The van der Waals surface area contributed by atoms with Gasteiger partial charge in [-0.15, -0.1) is 0 Å². The molecule has 0 saturated carbocycles. The first kappa shape index (κ1) is 17.0. The van der Waals surface area contributed by atoms with E-state index in [1.807, 2.05) is 42.5 Å². The van der Waals surface area contributed by atoms with Gasteiger partial charge in [0.05, 0.1) is 16.6 Å². The number of nitrogens with zero attached hydrogens (tertiary/aromatic N) is 1. The number of aromatic nitrogens is 2. The predicted octanol–water partition coefficient (Wildman–Crippen LogP) is 4.95. The molecule has 0 atom stereocenters. The van der Waals surface area contributed by atoms with Crippen LogP contribution in [0.4, 0.5) is 5.69 Å². The summed E-state index contributed by atoms with van der Waals surface area (Å²) in [6, 6.07) is 18.4. The molecule has 0 fully saturated rings. The third-order valence-electron chi connectivity index (χ3n) is 5.79. The minimum Gasteiger partial charge on any atom is -0.354 e. The number of hydrogen-bond acceptors (Lipinski definition) is 2. The molecule has 0 spiro atoms.